The van der Waals surface area contributed by atoms with E-state index in [1.54, 1.807) is 9.47 Å². The number of H-pyrrole nitrogens is 1. The van der Waals surface area contributed by atoms with Crippen LogP contribution in [0.25, 0.3) is 11.0 Å². The van der Waals surface area contributed by atoms with Crippen molar-refractivity contribution >= 4 is 29.3 Å². The van der Waals surface area contributed by atoms with Crippen molar-refractivity contribution in [1.82, 2.24) is 19.8 Å². The summed E-state index contributed by atoms with van der Waals surface area (Å²) in [5, 5.41) is 2.61. The lowest BCUT2D eigenvalue weighted by Gasteiger charge is -2.34. The standard InChI is InChI=1S/C17H20F2N4O2.ClH/c18-17(19)9-13(20-10-17)15(24)22-7-5-11(6-8-22)23-14-4-2-1-3-12(14)21-16(23)25;/h1-4,11,13,20H,5-10H2,(H,21,25);1H. The van der Waals surface area contributed by atoms with Crippen molar-refractivity contribution in [3.63, 3.8) is 0 Å². The van der Waals surface area contributed by atoms with Gasteiger partial charge < -0.3 is 9.88 Å². The highest BCUT2D eigenvalue weighted by molar-refractivity contribution is 5.85. The van der Waals surface area contributed by atoms with E-state index in [0.717, 1.165) is 11.0 Å². The fourth-order valence-electron chi connectivity index (χ4n) is 3.89. The minimum atomic E-state index is -2.81. The van der Waals surface area contributed by atoms with Gasteiger partial charge in [-0.1, -0.05) is 12.1 Å². The molecule has 1 aromatic carbocycles. The number of aromatic nitrogens is 2. The number of aromatic amines is 1. The number of hydrogen-bond acceptors (Lipinski definition) is 3. The van der Waals surface area contributed by atoms with Crippen LogP contribution in [0.5, 0.6) is 0 Å². The first-order chi connectivity index (χ1) is 11.9. The highest BCUT2D eigenvalue weighted by Gasteiger charge is 2.44. The Morgan fingerprint density at radius 2 is 1.88 bits per heavy atom. The number of alkyl halides is 2. The molecule has 1 aromatic heterocycles. The second kappa shape index (κ2) is 7.00. The quantitative estimate of drug-likeness (QED) is 0.828. The maximum Gasteiger partial charge on any atom is 0.326 e. The average molecular weight is 387 g/mol. The number of carbonyl (C=O) groups excluding carboxylic acids is 1. The second-order valence-electron chi connectivity index (χ2n) is 6.87. The van der Waals surface area contributed by atoms with Crippen molar-refractivity contribution in [2.75, 3.05) is 19.6 Å². The van der Waals surface area contributed by atoms with Gasteiger partial charge in [0, 0.05) is 25.6 Å². The first-order valence-electron chi connectivity index (χ1n) is 8.54. The summed E-state index contributed by atoms with van der Waals surface area (Å²) < 4.78 is 28.3. The van der Waals surface area contributed by atoms with Gasteiger partial charge in [-0.2, -0.15) is 0 Å². The Hall–Kier alpha value is -1.93. The Morgan fingerprint density at radius 3 is 2.54 bits per heavy atom. The third kappa shape index (κ3) is 3.35. The van der Waals surface area contributed by atoms with Crippen LogP contribution in [0.1, 0.15) is 25.3 Å². The number of likely N-dealkylation sites (tertiary alicyclic amines) is 1. The summed E-state index contributed by atoms with van der Waals surface area (Å²) in [6.07, 6.45) is 0.834. The van der Waals surface area contributed by atoms with Crippen LogP contribution in [-0.2, 0) is 4.79 Å². The number of benzene rings is 1. The summed E-state index contributed by atoms with van der Waals surface area (Å²) in [6.45, 7) is 0.503. The van der Waals surface area contributed by atoms with Gasteiger partial charge in [-0.25, -0.2) is 13.6 Å². The maximum atomic E-state index is 13.3. The summed E-state index contributed by atoms with van der Waals surface area (Å²) in [4.78, 5) is 29.2. The van der Waals surface area contributed by atoms with E-state index in [1.165, 1.54) is 0 Å². The molecule has 0 radical (unpaired) electrons. The second-order valence-corrected chi connectivity index (χ2v) is 6.87. The molecular weight excluding hydrogens is 366 g/mol. The Kier molecular flexibility index (Phi) is 5.07. The highest BCUT2D eigenvalue weighted by Crippen LogP contribution is 2.29. The van der Waals surface area contributed by atoms with Crippen LogP contribution in [0.15, 0.2) is 29.1 Å². The molecule has 0 saturated carbocycles. The molecule has 1 amide bonds. The fraction of sp³-hybridized carbons (Fsp3) is 0.529. The van der Waals surface area contributed by atoms with Crippen LogP contribution < -0.4 is 11.0 Å². The molecular formula is C17H21ClF2N4O2. The maximum absolute atomic E-state index is 13.3. The molecule has 2 aromatic rings. The van der Waals surface area contributed by atoms with E-state index in [4.69, 9.17) is 0 Å². The molecule has 2 aliphatic heterocycles. The molecule has 9 heteroatoms. The molecule has 0 bridgehead atoms. The number of piperidine rings is 1. The number of para-hydroxylation sites is 2. The third-order valence-corrected chi connectivity index (χ3v) is 5.17. The van der Waals surface area contributed by atoms with E-state index in [-0.39, 0.29) is 30.0 Å². The third-order valence-electron chi connectivity index (χ3n) is 5.17. The van der Waals surface area contributed by atoms with Crippen molar-refractivity contribution in [1.29, 1.82) is 0 Å². The highest BCUT2D eigenvalue weighted by atomic mass is 35.5. The van der Waals surface area contributed by atoms with Gasteiger partial charge in [-0.3, -0.25) is 14.7 Å². The first-order valence-corrected chi connectivity index (χ1v) is 8.54. The van der Waals surface area contributed by atoms with Crippen molar-refractivity contribution in [3.8, 4) is 0 Å². The topological polar surface area (TPSA) is 70.1 Å². The lowest BCUT2D eigenvalue weighted by atomic mass is 10.0. The average Bonchev–Trinajstić information content (AvgIpc) is 3.13. The summed E-state index contributed by atoms with van der Waals surface area (Å²) in [5.41, 5.74) is 1.50. The van der Waals surface area contributed by atoms with Crippen molar-refractivity contribution < 1.29 is 13.6 Å². The smallest absolute Gasteiger partial charge is 0.326 e. The predicted octanol–water partition coefficient (Wildman–Crippen LogP) is 1.91. The monoisotopic (exact) mass is 386 g/mol. The zero-order valence-electron chi connectivity index (χ0n) is 14.1. The molecule has 1 atom stereocenters. The zero-order valence-corrected chi connectivity index (χ0v) is 14.9. The molecule has 142 valence electrons. The molecule has 26 heavy (non-hydrogen) atoms. The van der Waals surface area contributed by atoms with Crippen molar-refractivity contribution in [2.24, 2.45) is 0 Å². The number of halogens is 3. The number of rotatable bonds is 2. The lowest BCUT2D eigenvalue weighted by molar-refractivity contribution is -0.135. The van der Waals surface area contributed by atoms with Crippen LogP contribution >= 0.6 is 12.4 Å². The zero-order chi connectivity index (χ0) is 17.6. The normalized spacial score (nSPS) is 23.2. The number of fused-ring (bicyclic) bond motifs is 1. The Labute approximate surface area is 155 Å². The van der Waals surface area contributed by atoms with Gasteiger partial charge in [0.1, 0.15) is 0 Å². The van der Waals surface area contributed by atoms with Gasteiger partial charge in [0.2, 0.25) is 5.91 Å². The molecule has 2 N–H and O–H groups in total. The molecule has 6 nitrogen and oxygen atoms in total. The summed E-state index contributed by atoms with van der Waals surface area (Å²) in [7, 11) is 0. The van der Waals surface area contributed by atoms with Gasteiger partial charge in [0.15, 0.2) is 0 Å². The van der Waals surface area contributed by atoms with Crippen molar-refractivity contribution in [3.05, 3.63) is 34.7 Å². The first kappa shape index (κ1) is 18.8. The van der Waals surface area contributed by atoms with Crippen LogP contribution in [0.4, 0.5) is 8.78 Å². The molecule has 2 aliphatic rings. The number of carbonyl (C=O) groups is 1. The molecule has 4 rings (SSSR count). The molecule has 0 spiro atoms. The van der Waals surface area contributed by atoms with E-state index >= 15 is 0 Å². The number of hydrogen-bond donors (Lipinski definition) is 2. The minimum Gasteiger partial charge on any atom is -0.341 e. The van der Waals surface area contributed by atoms with Gasteiger partial charge in [0.25, 0.3) is 5.92 Å². The SMILES string of the molecule is Cl.O=C(C1CC(F)(F)CN1)N1CCC(n2c(=O)[nH]c3ccccc32)CC1. The number of nitrogens with zero attached hydrogens (tertiary/aromatic N) is 2. The van der Waals surface area contributed by atoms with Gasteiger partial charge in [-0.05, 0) is 25.0 Å². The van der Waals surface area contributed by atoms with E-state index < -0.39 is 24.9 Å². The number of imidazole rings is 1. The van der Waals surface area contributed by atoms with Gasteiger partial charge in [0.05, 0.1) is 23.6 Å². The fourth-order valence-corrected chi connectivity index (χ4v) is 3.89. The summed E-state index contributed by atoms with van der Waals surface area (Å²) in [6, 6.07) is 6.71. The molecule has 3 heterocycles. The van der Waals surface area contributed by atoms with E-state index in [2.05, 4.69) is 10.3 Å². The molecule has 2 fully saturated rings. The Balaban J connectivity index is 0.00000196. The molecule has 2 saturated heterocycles. The molecule has 1 unspecified atom stereocenters. The Morgan fingerprint density at radius 1 is 1.19 bits per heavy atom. The van der Waals surface area contributed by atoms with E-state index in [1.807, 2.05) is 24.3 Å². The van der Waals surface area contributed by atoms with Crippen LogP contribution in [0.2, 0.25) is 0 Å². The summed E-state index contributed by atoms with van der Waals surface area (Å²) >= 11 is 0. The van der Waals surface area contributed by atoms with E-state index in [9.17, 15) is 18.4 Å². The van der Waals surface area contributed by atoms with Crippen LogP contribution in [0.3, 0.4) is 0 Å². The van der Waals surface area contributed by atoms with Crippen LogP contribution in [-0.4, -0.2) is 52.0 Å². The van der Waals surface area contributed by atoms with Crippen LogP contribution in [0, 0.1) is 0 Å². The lowest BCUT2D eigenvalue weighted by Crippen LogP contribution is -2.47. The predicted molar refractivity (Wildman–Crippen MR) is 96.0 cm³/mol. The van der Waals surface area contributed by atoms with Gasteiger partial charge in [-0.15, -0.1) is 12.4 Å². The molecule has 0 aliphatic carbocycles. The number of amides is 1. The van der Waals surface area contributed by atoms with Crippen molar-refractivity contribution in [2.45, 2.75) is 37.3 Å². The largest absolute Gasteiger partial charge is 0.341 e. The summed E-state index contributed by atoms with van der Waals surface area (Å²) in [5.74, 6) is -3.07. The minimum absolute atomic E-state index is 0. The Bertz CT molecular complexity index is 858. The van der Waals surface area contributed by atoms with Gasteiger partial charge >= 0.3 is 5.69 Å². The number of nitrogens with one attached hydrogen (secondary N) is 2. The van der Waals surface area contributed by atoms with E-state index in [0.29, 0.717) is 25.9 Å².